The molecule has 0 aromatic heterocycles. The number of ether oxygens (including phenoxy) is 1. The summed E-state index contributed by atoms with van der Waals surface area (Å²) >= 11 is 0. The van der Waals surface area contributed by atoms with Gasteiger partial charge in [0.05, 0.1) is 18.6 Å². The molecule has 2 amide bonds. The van der Waals surface area contributed by atoms with Crippen molar-refractivity contribution in [3.63, 3.8) is 0 Å². The van der Waals surface area contributed by atoms with E-state index in [2.05, 4.69) is 5.32 Å². The number of piperidine rings is 1. The topological polar surface area (TPSA) is 78.9 Å². The number of carbonyl (C=O) groups is 2. The molecular formula is C19H26N2O4. The largest absolute Gasteiger partial charge is 0.481 e. The molecule has 2 saturated heterocycles. The Kier molecular flexibility index (Phi) is 5.58. The summed E-state index contributed by atoms with van der Waals surface area (Å²) in [6, 6.07) is 9.78. The second-order valence-corrected chi connectivity index (χ2v) is 7.12. The van der Waals surface area contributed by atoms with E-state index in [9.17, 15) is 14.7 Å². The highest BCUT2D eigenvalue weighted by atomic mass is 16.5. The van der Waals surface area contributed by atoms with Crippen LogP contribution in [0.4, 0.5) is 4.79 Å². The number of amides is 2. The van der Waals surface area contributed by atoms with E-state index in [1.807, 2.05) is 37.3 Å². The van der Waals surface area contributed by atoms with E-state index in [0.29, 0.717) is 26.1 Å². The predicted octanol–water partition coefficient (Wildman–Crippen LogP) is 2.52. The maximum absolute atomic E-state index is 12.8. The quantitative estimate of drug-likeness (QED) is 0.878. The summed E-state index contributed by atoms with van der Waals surface area (Å²) in [5.74, 6) is -0.905. The second kappa shape index (κ2) is 7.87. The fraction of sp³-hybridized carbons (Fsp3) is 0.579. The summed E-state index contributed by atoms with van der Waals surface area (Å²) in [5.41, 5.74) is 1.08. The standard InChI is InChI=1S/C19H26N2O4/c1-13-11-21(9-7-16(13)18(22)23)19(24)20-17(15-8-10-25-12-15)14-5-3-2-4-6-14/h2-6,13,15-17H,7-12H2,1H3,(H,20,24)(H,22,23). The molecule has 25 heavy (non-hydrogen) atoms. The van der Waals surface area contributed by atoms with E-state index in [4.69, 9.17) is 4.74 Å². The molecule has 3 rings (SSSR count). The second-order valence-electron chi connectivity index (χ2n) is 7.12. The van der Waals surface area contributed by atoms with Crippen LogP contribution in [-0.4, -0.2) is 48.3 Å². The summed E-state index contributed by atoms with van der Waals surface area (Å²) in [7, 11) is 0. The van der Waals surface area contributed by atoms with Crippen molar-refractivity contribution in [2.24, 2.45) is 17.8 Å². The lowest BCUT2D eigenvalue weighted by Gasteiger charge is -2.36. The van der Waals surface area contributed by atoms with Crippen molar-refractivity contribution >= 4 is 12.0 Å². The first-order valence-electron chi connectivity index (χ1n) is 8.97. The number of carbonyl (C=O) groups excluding carboxylic acids is 1. The van der Waals surface area contributed by atoms with Crippen LogP contribution >= 0.6 is 0 Å². The van der Waals surface area contributed by atoms with Crippen LogP contribution in [0.25, 0.3) is 0 Å². The van der Waals surface area contributed by atoms with E-state index in [1.54, 1.807) is 4.90 Å². The molecule has 6 nitrogen and oxygen atoms in total. The zero-order chi connectivity index (χ0) is 17.8. The van der Waals surface area contributed by atoms with Gasteiger partial charge in [0.15, 0.2) is 0 Å². The molecule has 0 spiro atoms. The number of carboxylic acids is 1. The van der Waals surface area contributed by atoms with Crippen LogP contribution in [0.3, 0.4) is 0 Å². The summed E-state index contributed by atoms with van der Waals surface area (Å²) in [4.78, 5) is 25.8. The zero-order valence-electron chi connectivity index (χ0n) is 14.6. The highest BCUT2D eigenvalue weighted by Crippen LogP contribution is 2.30. The minimum absolute atomic E-state index is 0.0398. The Morgan fingerprint density at radius 2 is 2.04 bits per heavy atom. The lowest BCUT2D eigenvalue weighted by atomic mass is 9.87. The molecule has 0 radical (unpaired) electrons. The predicted molar refractivity (Wildman–Crippen MR) is 93.1 cm³/mol. The summed E-state index contributed by atoms with van der Waals surface area (Å²) < 4.78 is 5.51. The molecule has 6 heteroatoms. The van der Waals surface area contributed by atoms with E-state index >= 15 is 0 Å². The van der Waals surface area contributed by atoms with Gasteiger partial charge in [-0.1, -0.05) is 37.3 Å². The van der Waals surface area contributed by atoms with Crippen molar-refractivity contribution in [2.75, 3.05) is 26.3 Å². The number of aliphatic carboxylic acids is 1. The number of hydrogen-bond donors (Lipinski definition) is 2. The highest BCUT2D eigenvalue weighted by Gasteiger charge is 2.35. The number of rotatable bonds is 4. The third-order valence-electron chi connectivity index (χ3n) is 5.38. The average Bonchev–Trinajstić information content (AvgIpc) is 3.14. The normalized spacial score (nSPS) is 27.7. The molecule has 2 aliphatic heterocycles. The van der Waals surface area contributed by atoms with Gasteiger partial charge in [-0.2, -0.15) is 0 Å². The number of nitrogens with zero attached hydrogens (tertiary/aromatic N) is 1. The number of hydrogen-bond acceptors (Lipinski definition) is 3. The maximum Gasteiger partial charge on any atom is 0.317 e. The number of urea groups is 1. The average molecular weight is 346 g/mol. The maximum atomic E-state index is 12.8. The third-order valence-corrected chi connectivity index (χ3v) is 5.38. The van der Waals surface area contributed by atoms with Gasteiger partial charge < -0.3 is 20.1 Å². The highest BCUT2D eigenvalue weighted by molar-refractivity contribution is 5.76. The molecule has 0 saturated carbocycles. The van der Waals surface area contributed by atoms with Gasteiger partial charge in [0.1, 0.15) is 0 Å². The SMILES string of the molecule is CC1CN(C(=O)NC(c2ccccc2)C2CCOC2)CCC1C(=O)O. The third kappa shape index (κ3) is 4.12. The van der Waals surface area contributed by atoms with Gasteiger partial charge in [0.25, 0.3) is 0 Å². The fourth-order valence-corrected chi connectivity index (χ4v) is 3.87. The number of benzene rings is 1. The van der Waals surface area contributed by atoms with Gasteiger partial charge in [-0.05, 0) is 24.3 Å². The van der Waals surface area contributed by atoms with Crippen molar-refractivity contribution in [2.45, 2.75) is 25.8 Å². The molecule has 4 atom stereocenters. The van der Waals surface area contributed by atoms with Crippen LogP contribution in [0, 0.1) is 17.8 Å². The van der Waals surface area contributed by atoms with Gasteiger partial charge in [-0.15, -0.1) is 0 Å². The molecule has 2 aliphatic rings. The minimum Gasteiger partial charge on any atom is -0.481 e. The molecule has 4 unspecified atom stereocenters. The molecule has 136 valence electrons. The summed E-state index contributed by atoms with van der Waals surface area (Å²) in [6.07, 6.45) is 1.43. The van der Waals surface area contributed by atoms with Crippen molar-refractivity contribution in [1.29, 1.82) is 0 Å². The first-order valence-corrected chi connectivity index (χ1v) is 8.97. The first-order chi connectivity index (χ1) is 12.1. The Bertz CT molecular complexity index is 601. The molecule has 2 N–H and O–H groups in total. The van der Waals surface area contributed by atoms with Crippen LogP contribution < -0.4 is 5.32 Å². The van der Waals surface area contributed by atoms with E-state index in [0.717, 1.165) is 18.6 Å². The van der Waals surface area contributed by atoms with Crippen LogP contribution in [0.2, 0.25) is 0 Å². The van der Waals surface area contributed by atoms with Crippen molar-refractivity contribution < 1.29 is 19.4 Å². The smallest absolute Gasteiger partial charge is 0.317 e. The van der Waals surface area contributed by atoms with Crippen LogP contribution in [-0.2, 0) is 9.53 Å². The Labute approximate surface area is 148 Å². The Balaban J connectivity index is 1.67. The van der Waals surface area contributed by atoms with E-state index in [1.165, 1.54) is 0 Å². The molecule has 2 heterocycles. The molecular weight excluding hydrogens is 320 g/mol. The van der Waals surface area contributed by atoms with Crippen molar-refractivity contribution in [3.8, 4) is 0 Å². The molecule has 1 aromatic rings. The lowest BCUT2D eigenvalue weighted by molar-refractivity contribution is -0.145. The lowest BCUT2D eigenvalue weighted by Crippen LogP contribution is -2.50. The van der Waals surface area contributed by atoms with Gasteiger partial charge in [-0.25, -0.2) is 4.79 Å². The Morgan fingerprint density at radius 1 is 1.28 bits per heavy atom. The van der Waals surface area contributed by atoms with E-state index in [-0.39, 0.29) is 29.8 Å². The summed E-state index contributed by atoms with van der Waals surface area (Å²) in [5, 5.41) is 12.4. The molecule has 2 fully saturated rings. The number of carboxylic acid groups (broad SMARTS) is 1. The minimum atomic E-state index is -0.766. The zero-order valence-corrected chi connectivity index (χ0v) is 14.6. The van der Waals surface area contributed by atoms with Crippen LogP contribution in [0.15, 0.2) is 30.3 Å². The molecule has 0 bridgehead atoms. The Morgan fingerprint density at radius 3 is 2.64 bits per heavy atom. The fourth-order valence-electron chi connectivity index (χ4n) is 3.87. The van der Waals surface area contributed by atoms with Crippen LogP contribution in [0.1, 0.15) is 31.4 Å². The number of nitrogens with one attached hydrogen (secondary N) is 1. The van der Waals surface area contributed by atoms with Gasteiger partial charge in [0.2, 0.25) is 0 Å². The van der Waals surface area contributed by atoms with Gasteiger partial charge >= 0.3 is 12.0 Å². The van der Waals surface area contributed by atoms with Crippen LogP contribution in [0.5, 0.6) is 0 Å². The van der Waals surface area contributed by atoms with Gasteiger partial charge in [-0.3, -0.25) is 4.79 Å². The van der Waals surface area contributed by atoms with E-state index < -0.39 is 5.97 Å². The van der Waals surface area contributed by atoms with Gasteiger partial charge in [0, 0.05) is 25.6 Å². The van der Waals surface area contributed by atoms with Crippen molar-refractivity contribution in [3.05, 3.63) is 35.9 Å². The molecule has 1 aromatic carbocycles. The van der Waals surface area contributed by atoms with Crippen molar-refractivity contribution in [1.82, 2.24) is 10.2 Å². The first kappa shape index (κ1) is 17.7. The monoisotopic (exact) mass is 346 g/mol. The Hall–Kier alpha value is -2.08. The number of likely N-dealkylation sites (tertiary alicyclic amines) is 1. The molecule has 0 aliphatic carbocycles. The summed E-state index contributed by atoms with van der Waals surface area (Å²) in [6.45, 7) is 4.24.